The predicted molar refractivity (Wildman–Crippen MR) is 94.3 cm³/mol. The molecule has 10 heteroatoms. The van der Waals surface area contributed by atoms with Crippen LogP contribution in [0.15, 0.2) is 18.2 Å². The summed E-state index contributed by atoms with van der Waals surface area (Å²) in [5, 5.41) is 11.3. The summed E-state index contributed by atoms with van der Waals surface area (Å²) in [7, 11) is -1.74. The molecule has 0 saturated carbocycles. The zero-order valence-electron chi connectivity index (χ0n) is 14.0. The van der Waals surface area contributed by atoms with E-state index >= 15 is 0 Å². The Hall–Kier alpha value is -1.71. The number of carbonyl (C=O) groups is 1. The maximum Gasteiger partial charge on any atom is 0.283 e. The van der Waals surface area contributed by atoms with E-state index in [0.29, 0.717) is 25.9 Å². The quantitative estimate of drug-likeness (QED) is 0.567. The number of benzene rings is 1. The fourth-order valence-electron chi connectivity index (χ4n) is 2.87. The highest BCUT2D eigenvalue weighted by Crippen LogP contribution is 2.26. The van der Waals surface area contributed by atoms with Crippen LogP contribution in [-0.4, -0.2) is 60.4 Å². The van der Waals surface area contributed by atoms with Crippen molar-refractivity contribution in [3.63, 3.8) is 0 Å². The van der Waals surface area contributed by atoms with Gasteiger partial charge in [-0.3, -0.25) is 14.9 Å². The van der Waals surface area contributed by atoms with Crippen molar-refractivity contribution >= 4 is 33.2 Å². The largest absolute Gasteiger partial charge is 0.338 e. The molecule has 0 N–H and O–H groups in total. The molecule has 0 bridgehead atoms. The van der Waals surface area contributed by atoms with Crippen LogP contribution in [0.25, 0.3) is 0 Å². The van der Waals surface area contributed by atoms with E-state index in [1.165, 1.54) is 21.3 Å². The van der Waals surface area contributed by atoms with Crippen molar-refractivity contribution < 1.29 is 18.1 Å². The average Bonchev–Trinajstić information content (AvgIpc) is 2.60. The third-order valence-corrected chi connectivity index (χ3v) is 6.60. The number of likely N-dealkylation sites (tertiary alicyclic amines) is 1. The van der Waals surface area contributed by atoms with Gasteiger partial charge in [-0.05, 0) is 31.9 Å². The molecule has 1 aliphatic heterocycles. The second kappa shape index (κ2) is 7.67. The molecule has 25 heavy (non-hydrogen) atoms. The first-order chi connectivity index (χ1) is 11.7. The zero-order chi connectivity index (χ0) is 18.8. The highest BCUT2D eigenvalue weighted by Gasteiger charge is 2.32. The highest BCUT2D eigenvalue weighted by atomic mass is 35.5. The number of sulfonamides is 1. The van der Waals surface area contributed by atoms with E-state index in [4.69, 9.17) is 11.6 Å². The van der Waals surface area contributed by atoms with Gasteiger partial charge in [-0.15, -0.1) is 0 Å². The lowest BCUT2D eigenvalue weighted by atomic mass is 10.0. The lowest BCUT2D eigenvalue weighted by Gasteiger charge is -2.36. The summed E-state index contributed by atoms with van der Waals surface area (Å²) in [6.07, 6.45) is 0.978. The summed E-state index contributed by atoms with van der Waals surface area (Å²) in [6.45, 7) is 2.27. The Bertz CT molecular complexity index is 775. The zero-order valence-corrected chi connectivity index (χ0v) is 15.6. The number of halogens is 1. The van der Waals surface area contributed by atoms with E-state index in [-0.39, 0.29) is 28.1 Å². The molecular formula is C15H20ClN3O5S. The van der Waals surface area contributed by atoms with Crippen molar-refractivity contribution in [2.24, 2.45) is 0 Å². The SMILES string of the molecule is CCS(=O)(=O)N(C)C1CCN(C(=O)c2ccc(Cl)cc2[N+](=O)[O-])CC1. The Morgan fingerprint density at radius 3 is 2.52 bits per heavy atom. The minimum absolute atomic E-state index is 0.0117. The molecule has 2 rings (SSSR count). The van der Waals surface area contributed by atoms with Gasteiger partial charge in [0.25, 0.3) is 11.6 Å². The predicted octanol–water partition coefficient (Wildman–Crippen LogP) is 2.13. The van der Waals surface area contributed by atoms with Gasteiger partial charge in [0.1, 0.15) is 5.56 Å². The van der Waals surface area contributed by atoms with E-state index in [1.807, 2.05) is 0 Å². The molecule has 138 valence electrons. The van der Waals surface area contributed by atoms with Crippen molar-refractivity contribution in [1.29, 1.82) is 0 Å². The Morgan fingerprint density at radius 2 is 2.00 bits per heavy atom. The number of nitro benzene ring substituents is 1. The van der Waals surface area contributed by atoms with E-state index in [0.717, 1.165) is 6.07 Å². The first kappa shape index (κ1) is 19.6. The molecule has 0 radical (unpaired) electrons. The van der Waals surface area contributed by atoms with E-state index in [9.17, 15) is 23.3 Å². The van der Waals surface area contributed by atoms with Gasteiger partial charge < -0.3 is 4.90 Å². The van der Waals surface area contributed by atoms with Crippen LogP contribution in [0.3, 0.4) is 0 Å². The normalized spacial score (nSPS) is 16.2. The second-order valence-corrected chi connectivity index (χ2v) is 8.61. The molecule has 1 aromatic rings. The second-order valence-electron chi connectivity index (χ2n) is 5.86. The van der Waals surface area contributed by atoms with Crippen LogP contribution in [0.5, 0.6) is 0 Å². The molecule has 1 saturated heterocycles. The smallest absolute Gasteiger partial charge is 0.283 e. The number of carbonyl (C=O) groups excluding carboxylic acids is 1. The number of nitro groups is 1. The van der Waals surface area contributed by atoms with Gasteiger partial charge in [0.15, 0.2) is 0 Å². The Labute approximate surface area is 151 Å². The van der Waals surface area contributed by atoms with E-state index < -0.39 is 20.9 Å². The summed E-state index contributed by atoms with van der Waals surface area (Å²) in [6, 6.07) is 3.77. The number of amides is 1. The van der Waals surface area contributed by atoms with Crippen LogP contribution >= 0.6 is 11.6 Å². The molecule has 0 unspecified atom stereocenters. The van der Waals surface area contributed by atoms with Gasteiger partial charge in [-0.25, -0.2) is 12.7 Å². The molecule has 1 aromatic carbocycles. The van der Waals surface area contributed by atoms with Crippen LogP contribution in [0.4, 0.5) is 5.69 Å². The fraction of sp³-hybridized carbons (Fsp3) is 0.533. The number of piperidine rings is 1. The number of hydrogen-bond donors (Lipinski definition) is 0. The molecule has 8 nitrogen and oxygen atoms in total. The van der Waals surface area contributed by atoms with Gasteiger partial charge in [0, 0.05) is 37.3 Å². The van der Waals surface area contributed by atoms with Gasteiger partial charge in [0.2, 0.25) is 10.0 Å². The van der Waals surface area contributed by atoms with Crippen molar-refractivity contribution in [3.8, 4) is 0 Å². The Kier molecular flexibility index (Phi) is 6.02. The third kappa shape index (κ3) is 4.28. The van der Waals surface area contributed by atoms with Gasteiger partial charge in [-0.2, -0.15) is 0 Å². The summed E-state index contributed by atoms with van der Waals surface area (Å²) in [5.74, 6) is -0.414. The maximum absolute atomic E-state index is 12.6. The van der Waals surface area contributed by atoms with Crippen LogP contribution in [-0.2, 0) is 10.0 Å². The molecule has 1 fully saturated rings. The third-order valence-electron chi connectivity index (χ3n) is 4.46. The first-order valence-corrected chi connectivity index (χ1v) is 9.85. The standard InChI is InChI=1S/C15H20ClN3O5S/c1-3-25(23,24)17(2)12-6-8-18(9-7-12)15(20)13-5-4-11(16)10-14(13)19(21)22/h4-5,10,12H,3,6-9H2,1-2H3. The van der Waals surface area contributed by atoms with E-state index in [2.05, 4.69) is 0 Å². The fourth-order valence-corrected chi connectivity index (χ4v) is 4.11. The average molecular weight is 390 g/mol. The maximum atomic E-state index is 12.6. The van der Waals surface area contributed by atoms with Crippen molar-refractivity contribution in [2.75, 3.05) is 25.9 Å². The van der Waals surface area contributed by atoms with Crippen LogP contribution in [0, 0.1) is 10.1 Å². The Morgan fingerprint density at radius 1 is 1.40 bits per heavy atom. The van der Waals surface area contributed by atoms with Crippen molar-refractivity contribution in [1.82, 2.24) is 9.21 Å². The van der Waals surface area contributed by atoms with Crippen LogP contribution in [0.2, 0.25) is 5.02 Å². The summed E-state index contributed by atoms with van der Waals surface area (Å²) in [5.41, 5.74) is -0.340. The highest BCUT2D eigenvalue weighted by molar-refractivity contribution is 7.89. The lowest BCUT2D eigenvalue weighted by Crippen LogP contribution is -2.47. The minimum Gasteiger partial charge on any atom is -0.338 e. The molecular weight excluding hydrogens is 370 g/mol. The number of hydrogen-bond acceptors (Lipinski definition) is 5. The van der Waals surface area contributed by atoms with Gasteiger partial charge in [0.05, 0.1) is 10.7 Å². The summed E-state index contributed by atoms with van der Waals surface area (Å²) >= 11 is 5.77. The monoisotopic (exact) mass is 389 g/mol. The summed E-state index contributed by atoms with van der Waals surface area (Å²) in [4.78, 5) is 24.6. The molecule has 0 aliphatic carbocycles. The van der Waals surface area contributed by atoms with E-state index in [1.54, 1.807) is 14.0 Å². The Balaban J connectivity index is 2.11. The van der Waals surface area contributed by atoms with Crippen molar-refractivity contribution in [3.05, 3.63) is 38.9 Å². The van der Waals surface area contributed by atoms with Crippen molar-refractivity contribution in [2.45, 2.75) is 25.8 Å². The van der Waals surface area contributed by atoms with Gasteiger partial charge in [-0.1, -0.05) is 11.6 Å². The molecule has 0 spiro atoms. The molecule has 1 amide bonds. The number of rotatable bonds is 5. The molecule has 0 aromatic heterocycles. The van der Waals surface area contributed by atoms with Crippen LogP contribution in [0.1, 0.15) is 30.1 Å². The number of nitrogens with zero attached hydrogens (tertiary/aromatic N) is 3. The lowest BCUT2D eigenvalue weighted by molar-refractivity contribution is -0.385. The molecule has 1 aliphatic rings. The molecule has 1 heterocycles. The van der Waals surface area contributed by atoms with Gasteiger partial charge >= 0.3 is 0 Å². The summed E-state index contributed by atoms with van der Waals surface area (Å²) < 4.78 is 25.3. The molecule has 0 atom stereocenters. The minimum atomic E-state index is -3.28. The topological polar surface area (TPSA) is 101 Å². The first-order valence-electron chi connectivity index (χ1n) is 7.86. The van der Waals surface area contributed by atoms with Crippen LogP contribution < -0.4 is 0 Å².